The first-order chi connectivity index (χ1) is 7.29. The molecular weight excluding hydrogens is 198 g/mol. The third-order valence-electron chi connectivity index (χ3n) is 2.58. The van der Waals surface area contributed by atoms with E-state index in [1.165, 1.54) is 12.8 Å². The van der Waals surface area contributed by atoms with Crippen molar-refractivity contribution in [3.63, 3.8) is 0 Å². The zero-order chi connectivity index (χ0) is 10.7. The Balaban J connectivity index is 2.19. The molecule has 0 saturated carbocycles. The Kier molecular flexibility index (Phi) is 2.84. The Hall–Kier alpha value is -1.59. The second-order valence-electron chi connectivity index (χ2n) is 3.64. The first-order valence-corrected chi connectivity index (χ1v) is 5.10. The maximum atomic E-state index is 10.8. The fourth-order valence-electron chi connectivity index (χ4n) is 1.81. The molecule has 1 aliphatic rings. The number of hydrogen-bond donors (Lipinski definition) is 1. The minimum atomic E-state index is -1.09. The Morgan fingerprint density at radius 1 is 1.20 bits per heavy atom. The van der Waals surface area contributed by atoms with Gasteiger partial charge in [-0.05, 0) is 23.2 Å². The van der Waals surface area contributed by atoms with Crippen LogP contribution in [0.15, 0.2) is 4.63 Å². The van der Waals surface area contributed by atoms with Gasteiger partial charge in [-0.1, -0.05) is 12.8 Å². The number of aromatic nitrogens is 2. The number of rotatable bonds is 2. The summed E-state index contributed by atoms with van der Waals surface area (Å²) in [5.41, 5.74) is -0.0862. The second-order valence-corrected chi connectivity index (χ2v) is 3.64. The van der Waals surface area contributed by atoms with Crippen LogP contribution in [0, 0.1) is 0 Å². The van der Waals surface area contributed by atoms with Crippen molar-refractivity contribution in [2.75, 3.05) is 18.0 Å². The van der Waals surface area contributed by atoms with E-state index in [0.29, 0.717) is 5.82 Å². The summed E-state index contributed by atoms with van der Waals surface area (Å²) in [7, 11) is 0. The third-order valence-corrected chi connectivity index (χ3v) is 2.58. The second kappa shape index (κ2) is 4.29. The molecule has 1 fully saturated rings. The van der Waals surface area contributed by atoms with Crippen LogP contribution in [-0.2, 0) is 0 Å². The molecule has 0 bridgehead atoms. The quantitative estimate of drug-likeness (QED) is 0.790. The highest BCUT2D eigenvalue weighted by molar-refractivity contribution is 5.90. The van der Waals surface area contributed by atoms with Crippen molar-refractivity contribution in [3.8, 4) is 0 Å². The molecular formula is C9H13N3O3. The predicted octanol–water partition coefficient (Wildman–Crippen LogP) is 1.15. The lowest BCUT2D eigenvalue weighted by molar-refractivity contribution is 0.0685. The van der Waals surface area contributed by atoms with Gasteiger partial charge < -0.3 is 10.0 Å². The molecule has 0 unspecified atom stereocenters. The van der Waals surface area contributed by atoms with E-state index in [9.17, 15) is 4.79 Å². The SMILES string of the molecule is O=C(O)c1nonc1N1CCCCCC1. The molecule has 0 aromatic carbocycles. The molecule has 1 aromatic heterocycles. The van der Waals surface area contributed by atoms with Gasteiger partial charge in [-0.15, -0.1) is 0 Å². The average Bonchev–Trinajstić information content (AvgIpc) is 2.55. The van der Waals surface area contributed by atoms with Crippen LogP contribution < -0.4 is 4.90 Å². The summed E-state index contributed by atoms with van der Waals surface area (Å²) in [6, 6.07) is 0. The topological polar surface area (TPSA) is 79.5 Å². The number of aromatic carboxylic acids is 1. The van der Waals surface area contributed by atoms with Crippen molar-refractivity contribution in [2.45, 2.75) is 25.7 Å². The van der Waals surface area contributed by atoms with E-state index >= 15 is 0 Å². The lowest BCUT2D eigenvalue weighted by Gasteiger charge is -2.18. The predicted molar refractivity (Wildman–Crippen MR) is 51.9 cm³/mol. The minimum Gasteiger partial charge on any atom is -0.476 e. The Morgan fingerprint density at radius 2 is 1.87 bits per heavy atom. The van der Waals surface area contributed by atoms with E-state index in [1.807, 2.05) is 4.90 Å². The summed E-state index contributed by atoms with van der Waals surface area (Å²) in [4.78, 5) is 12.8. The maximum absolute atomic E-state index is 10.8. The fourth-order valence-corrected chi connectivity index (χ4v) is 1.81. The Morgan fingerprint density at radius 3 is 2.47 bits per heavy atom. The van der Waals surface area contributed by atoms with E-state index < -0.39 is 5.97 Å². The van der Waals surface area contributed by atoms with Gasteiger partial charge in [-0.2, -0.15) is 0 Å². The van der Waals surface area contributed by atoms with Crippen molar-refractivity contribution in [1.82, 2.24) is 10.3 Å². The molecule has 0 spiro atoms. The molecule has 0 atom stereocenters. The molecule has 0 radical (unpaired) electrons. The first kappa shape index (κ1) is 9.95. The van der Waals surface area contributed by atoms with Gasteiger partial charge in [-0.25, -0.2) is 9.42 Å². The lowest BCUT2D eigenvalue weighted by Crippen LogP contribution is -2.26. The zero-order valence-corrected chi connectivity index (χ0v) is 8.35. The van der Waals surface area contributed by atoms with E-state index in [2.05, 4.69) is 14.9 Å². The van der Waals surface area contributed by atoms with Crippen molar-refractivity contribution >= 4 is 11.8 Å². The van der Waals surface area contributed by atoms with Crippen molar-refractivity contribution in [1.29, 1.82) is 0 Å². The van der Waals surface area contributed by atoms with E-state index in [4.69, 9.17) is 5.11 Å². The summed E-state index contributed by atoms with van der Waals surface area (Å²) in [6.45, 7) is 1.66. The van der Waals surface area contributed by atoms with Crippen LogP contribution in [-0.4, -0.2) is 34.5 Å². The smallest absolute Gasteiger partial charge is 0.362 e. The summed E-state index contributed by atoms with van der Waals surface area (Å²) < 4.78 is 4.48. The summed E-state index contributed by atoms with van der Waals surface area (Å²) >= 11 is 0. The molecule has 6 nitrogen and oxygen atoms in total. The van der Waals surface area contributed by atoms with Crippen LogP contribution >= 0.6 is 0 Å². The molecule has 0 amide bonds. The molecule has 1 aromatic rings. The van der Waals surface area contributed by atoms with Crippen LogP contribution in [0.25, 0.3) is 0 Å². The van der Waals surface area contributed by atoms with Crippen LogP contribution in [0.1, 0.15) is 36.2 Å². The number of anilines is 1. The van der Waals surface area contributed by atoms with Gasteiger partial charge in [-0.3, -0.25) is 0 Å². The molecule has 15 heavy (non-hydrogen) atoms. The molecule has 2 rings (SSSR count). The minimum absolute atomic E-state index is 0.0862. The van der Waals surface area contributed by atoms with Gasteiger partial charge in [0.15, 0.2) is 0 Å². The molecule has 6 heteroatoms. The monoisotopic (exact) mass is 211 g/mol. The Labute approximate surface area is 86.8 Å². The Bertz CT molecular complexity index is 342. The molecule has 2 heterocycles. The molecule has 82 valence electrons. The number of carbonyl (C=O) groups is 1. The number of nitrogens with zero attached hydrogens (tertiary/aromatic N) is 3. The summed E-state index contributed by atoms with van der Waals surface area (Å²) in [5.74, 6) is -0.722. The number of carboxylic acid groups (broad SMARTS) is 1. The number of carboxylic acids is 1. The van der Waals surface area contributed by atoms with Crippen molar-refractivity contribution in [3.05, 3.63) is 5.69 Å². The van der Waals surface area contributed by atoms with Gasteiger partial charge >= 0.3 is 5.97 Å². The lowest BCUT2D eigenvalue weighted by atomic mass is 10.2. The molecule has 1 aliphatic heterocycles. The van der Waals surface area contributed by atoms with E-state index in [1.54, 1.807) is 0 Å². The fraction of sp³-hybridized carbons (Fsp3) is 0.667. The van der Waals surface area contributed by atoms with E-state index in [0.717, 1.165) is 25.9 Å². The first-order valence-electron chi connectivity index (χ1n) is 5.10. The van der Waals surface area contributed by atoms with Crippen LogP contribution in [0.2, 0.25) is 0 Å². The van der Waals surface area contributed by atoms with Gasteiger partial charge in [0, 0.05) is 13.1 Å². The highest BCUT2D eigenvalue weighted by Crippen LogP contribution is 2.20. The maximum Gasteiger partial charge on any atom is 0.362 e. The van der Waals surface area contributed by atoms with Gasteiger partial charge in [0.1, 0.15) is 0 Å². The summed E-state index contributed by atoms with van der Waals surface area (Å²) in [5, 5.41) is 15.9. The molecule has 1 N–H and O–H groups in total. The van der Waals surface area contributed by atoms with Crippen molar-refractivity contribution < 1.29 is 14.5 Å². The molecule has 0 aliphatic carbocycles. The standard InChI is InChI=1S/C9H13N3O3/c13-9(14)7-8(11-15-10-7)12-5-3-1-2-4-6-12/h1-6H2,(H,13,14). The van der Waals surface area contributed by atoms with Crippen LogP contribution in [0.5, 0.6) is 0 Å². The van der Waals surface area contributed by atoms with Gasteiger partial charge in [0.2, 0.25) is 11.5 Å². The van der Waals surface area contributed by atoms with Crippen LogP contribution in [0.3, 0.4) is 0 Å². The van der Waals surface area contributed by atoms with Crippen molar-refractivity contribution in [2.24, 2.45) is 0 Å². The molecule has 1 saturated heterocycles. The van der Waals surface area contributed by atoms with Gasteiger partial charge in [0.25, 0.3) is 0 Å². The highest BCUT2D eigenvalue weighted by Gasteiger charge is 2.23. The third kappa shape index (κ3) is 2.08. The van der Waals surface area contributed by atoms with E-state index in [-0.39, 0.29) is 5.69 Å². The average molecular weight is 211 g/mol. The normalized spacial score (nSPS) is 17.5. The number of hydrogen-bond acceptors (Lipinski definition) is 5. The van der Waals surface area contributed by atoms with Gasteiger partial charge in [0.05, 0.1) is 0 Å². The van der Waals surface area contributed by atoms with Crippen LogP contribution in [0.4, 0.5) is 5.82 Å². The largest absolute Gasteiger partial charge is 0.476 e. The highest BCUT2D eigenvalue weighted by atomic mass is 16.6. The summed E-state index contributed by atoms with van der Waals surface area (Å²) in [6.07, 6.45) is 4.49. The zero-order valence-electron chi connectivity index (χ0n) is 8.35.